The first-order valence-electron chi connectivity index (χ1n) is 5.29. The van der Waals surface area contributed by atoms with E-state index in [2.05, 4.69) is 11.4 Å². The third-order valence-corrected chi connectivity index (χ3v) is 3.59. The van der Waals surface area contributed by atoms with Gasteiger partial charge in [0.2, 0.25) is 5.91 Å². The van der Waals surface area contributed by atoms with Crippen molar-refractivity contribution in [1.82, 2.24) is 10.2 Å². The number of nitrogens with zero attached hydrogens (tertiary/aromatic N) is 1. The second kappa shape index (κ2) is 4.65. The number of thiophene rings is 1. The van der Waals surface area contributed by atoms with Crippen molar-refractivity contribution in [2.24, 2.45) is 0 Å². The predicted molar refractivity (Wildman–Crippen MR) is 62.3 cm³/mol. The largest absolute Gasteiger partial charge is 0.324 e. The smallest absolute Gasteiger partial charge is 0.321 e. The number of carbonyl (C=O) groups excluding carboxylic acids is 2. The maximum absolute atomic E-state index is 11.6. The molecule has 0 spiro atoms. The number of hydrogen-bond donors (Lipinski definition) is 1. The molecule has 3 amide bonds. The molecule has 1 atom stereocenters. The Kier molecular flexibility index (Phi) is 3.24. The molecule has 1 saturated heterocycles. The summed E-state index contributed by atoms with van der Waals surface area (Å²) in [6.45, 7) is 2.53. The van der Waals surface area contributed by atoms with Crippen molar-refractivity contribution in [3.8, 4) is 0 Å². The zero-order chi connectivity index (χ0) is 11.5. The molecule has 0 aliphatic carbocycles. The standard InChI is InChI=1S/C11H14N2O2S/c1-8(7-9-3-2-6-16-9)13-5-4-10(14)12-11(13)15/h2-3,6,8H,4-5,7H2,1H3,(H,12,14,15). The normalized spacial score (nSPS) is 18.4. The molecule has 1 unspecified atom stereocenters. The summed E-state index contributed by atoms with van der Waals surface area (Å²) in [5.41, 5.74) is 0. The molecule has 1 N–H and O–H groups in total. The summed E-state index contributed by atoms with van der Waals surface area (Å²) in [7, 11) is 0. The van der Waals surface area contributed by atoms with E-state index in [4.69, 9.17) is 0 Å². The quantitative estimate of drug-likeness (QED) is 0.870. The number of urea groups is 1. The van der Waals surface area contributed by atoms with E-state index in [1.54, 1.807) is 16.2 Å². The van der Waals surface area contributed by atoms with Gasteiger partial charge < -0.3 is 4.90 Å². The number of nitrogens with one attached hydrogen (secondary N) is 1. The van der Waals surface area contributed by atoms with Crippen LogP contribution in [-0.2, 0) is 11.2 Å². The Hall–Kier alpha value is -1.36. The Labute approximate surface area is 98.3 Å². The summed E-state index contributed by atoms with van der Waals surface area (Å²) in [4.78, 5) is 25.6. The second-order valence-corrected chi connectivity index (χ2v) is 4.96. The van der Waals surface area contributed by atoms with E-state index in [-0.39, 0.29) is 18.0 Å². The second-order valence-electron chi connectivity index (χ2n) is 3.93. The number of imide groups is 1. The van der Waals surface area contributed by atoms with Gasteiger partial charge in [-0.15, -0.1) is 11.3 Å². The molecule has 1 aliphatic rings. The van der Waals surface area contributed by atoms with Gasteiger partial charge in [-0.25, -0.2) is 4.79 Å². The van der Waals surface area contributed by atoms with Crippen LogP contribution in [0.5, 0.6) is 0 Å². The zero-order valence-corrected chi connectivity index (χ0v) is 9.92. The lowest BCUT2D eigenvalue weighted by atomic mass is 10.1. The Morgan fingerprint density at radius 1 is 1.56 bits per heavy atom. The summed E-state index contributed by atoms with van der Waals surface area (Å²) < 4.78 is 0. The average molecular weight is 238 g/mol. The van der Waals surface area contributed by atoms with Crippen LogP contribution >= 0.6 is 11.3 Å². The summed E-state index contributed by atoms with van der Waals surface area (Å²) in [5, 5.41) is 4.37. The van der Waals surface area contributed by atoms with Gasteiger partial charge in [0.15, 0.2) is 0 Å². The van der Waals surface area contributed by atoms with Crippen LogP contribution in [0.4, 0.5) is 4.79 Å². The number of rotatable bonds is 3. The van der Waals surface area contributed by atoms with Crippen molar-refractivity contribution >= 4 is 23.3 Å². The van der Waals surface area contributed by atoms with Crippen molar-refractivity contribution in [2.45, 2.75) is 25.8 Å². The molecule has 2 heterocycles. The van der Waals surface area contributed by atoms with Gasteiger partial charge in [0.1, 0.15) is 0 Å². The maximum Gasteiger partial charge on any atom is 0.324 e. The van der Waals surface area contributed by atoms with Crippen LogP contribution < -0.4 is 5.32 Å². The third kappa shape index (κ3) is 2.41. The van der Waals surface area contributed by atoms with Gasteiger partial charge in [-0.3, -0.25) is 10.1 Å². The van der Waals surface area contributed by atoms with Gasteiger partial charge in [-0.1, -0.05) is 6.07 Å². The first-order chi connectivity index (χ1) is 7.66. The van der Waals surface area contributed by atoms with Crippen LogP contribution in [0.1, 0.15) is 18.2 Å². The minimum absolute atomic E-state index is 0.131. The van der Waals surface area contributed by atoms with E-state index in [0.29, 0.717) is 13.0 Å². The minimum Gasteiger partial charge on any atom is -0.321 e. The summed E-state index contributed by atoms with van der Waals surface area (Å²) in [5.74, 6) is -0.176. The topological polar surface area (TPSA) is 49.4 Å². The van der Waals surface area contributed by atoms with Gasteiger partial charge in [-0.05, 0) is 18.4 Å². The fraction of sp³-hybridized carbons (Fsp3) is 0.455. The van der Waals surface area contributed by atoms with Crippen LogP contribution in [0.15, 0.2) is 17.5 Å². The molecule has 4 nitrogen and oxygen atoms in total. The fourth-order valence-corrected chi connectivity index (χ4v) is 2.65. The SMILES string of the molecule is CC(Cc1cccs1)N1CCC(=O)NC1=O. The lowest BCUT2D eigenvalue weighted by molar-refractivity contribution is -0.121. The molecule has 16 heavy (non-hydrogen) atoms. The van der Waals surface area contributed by atoms with Gasteiger partial charge in [-0.2, -0.15) is 0 Å². The van der Waals surface area contributed by atoms with Crippen LogP contribution in [0.25, 0.3) is 0 Å². The highest BCUT2D eigenvalue weighted by atomic mass is 32.1. The molecule has 0 radical (unpaired) electrons. The molecule has 0 saturated carbocycles. The summed E-state index contributed by atoms with van der Waals surface area (Å²) in [6.07, 6.45) is 1.25. The molecular weight excluding hydrogens is 224 g/mol. The molecular formula is C11H14N2O2S. The van der Waals surface area contributed by atoms with E-state index in [9.17, 15) is 9.59 Å². The van der Waals surface area contributed by atoms with Crippen molar-refractivity contribution in [3.63, 3.8) is 0 Å². The van der Waals surface area contributed by atoms with E-state index in [1.165, 1.54) is 4.88 Å². The molecule has 0 aromatic carbocycles. The van der Waals surface area contributed by atoms with Crippen LogP contribution in [0, 0.1) is 0 Å². The van der Waals surface area contributed by atoms with E-state index < -0.39 is 0 Å². The number of carbonyl (C=O) groups is 2. The summed E-state index contributed by atoms with van der Waals surface area (Å²) in [6, 6.07) is 3.94. The zero-order valence-electron chi connectivity index (χ0n) is 9.10. The molecule has 1 aromatic heterocycles. The minimum atomic E-state index is -0.264. The monoisotopic (exact) mass is 238 g/mol. The average Bonchev–Trinajstić information content (AvgIpc) is 2.70. The highest BCUT2D eigenvalue weighted by Gasteiger charge is 2.26. The Bertz CT molecular complexity index is 389. The Morgan fingerprint density at radius 3 is 3.00 bits per heavy atom. The first-order valence-corrected chi connectivity index (χ1v) is 6.17. The highest BCUT2D eigenvalue weighted by Crippen LogP contribution is 2.15. The van der Waals surface area contributed by atoms with E-state index in [1.807, 2.05) is 18.4 Å². The molecule has 1 aliphatic heterocycles. The van der Waals surface area contributed by atoms with Crippen molar-refractivity contribution in [3.05, 3.63) is 22.4 Å². The van der Waals surface area contributed by atoms with Gasteiger partial charge in [0.25, 0.3) is 0 Å². The Balaban J connectivity index is 1.96. The number of amides is 3. The van der Waals surface area contributed by atoms with Gasteiger partial charge >= 0.3 is 6.03 Å². The Morgan fingerprint density at radius 2 is 2.38 bits per heavy atom. The van der Waals surface area contributed by atoms with Crippen LogP contribution in [-0.4, -0.2) is 29.4 Å². The molecule has 5 heteroatoms. The lowest BCUT2D eigenvalue weighted by Crippen LogP contribution is -2.53. The molecule has 86 valence electrons. The molecule has 1 fully saturated rings. The maximum atomic E-state index is 11.6. The van der Waals surface area contributed by atoms with Crippen molar-refractivity contribution < 1.29 is 9.59 Å². The highest BCUT2D eigenvalue weighted by molar-refractivity contribution is 7.09. The molecule has 0 bridgehead atoms. The molecule has 2 rings (SSSR count). The van der Waals surface area contributed by atoms with Crippen LogP contribution in [0.2, 0.25) is 0 Å². The number of hydrogen-bond acceptors (Lipinski definition) is 3. The van der Waals surface area contributed by atoms with Crippen molar-refractivity contribution in [1.29, 1.82) is 0 Å². The van der Waals surface area contributed by atoms with Gasteiger partial charge in [0, 0.05) is 30.3 Å². The van der Waals surface area contributed by atoms with Gasteiger partial charge in [0.05, 0.1) is 0 Å². The fourth-order valence-electron chi connectivity index (χ4n) is 1.83. The summed E-state index contributed by atoms with van der Waals surface area (Å²) >= 11 is 1.69. The lowest BCUT2D eigenvalue weighted by Gasteiger charge is -2.31. The van der Waals surface area contributed by atoms with E-state index >= 15 is 0 Å². The van der Waals surface area contributed by atoms with E-state index in [0.717, 1.165) is 6.42 Å². The van der Waals surface area contributed by atoms with Crippen molar-refractivity contribution in [2.75, 3.05) is 6.54 Å². The molecule has 1 aromatic rings. The first kappa shape index (κ1) is 11.1. The third-order valence-electron chi connectivity index (χ3n) is 2.70. The van der Waals surface area contributed by atoms with Crippen LogP contribution in [0.3, 0.4) is 0 Å². The predicted octanol–water partition coefficient (Wildman–Crippen LogP) is 1.62.